The Morgan fingerprint density at radius 1 is 0.600 bits per heavy atom. The van der Waals surface area contributed by atoms with Crippen LogP contribution in [0.4, 0.5) is 0 Å². The predicted octanol–water partition coefficient (Wildman–Crippen LogP) is 8.16. The van der Waals surface area contributed by atoms with Crippen molar-refractivity contribution in [2.45, 2.75) is 72.6 Å². The molecule has 0 heteroatoms. The first-order valence-corrected chi connectivity index (χ1v) is 11.6. The fraction of sp³-hybridized carbons (Fsp3) is 0.400. The van der Waals surface area contributed by atoms with Crippen LogP contribution >= 0.6 is 0 Å². The minimum Gasteiger partial charge on any atom is -0.0622 e. The lowest BCUT2D eigenvalue weighted by Gasteiger charge is -2.19. The Hall–Kier alpha value is -2.34. The van der Waals surface area contributed by atoms with E-state index in [0.717, 1.165) is 6.42 Å². The molecule has 0 nitrogen and oxygen atoms in total. The Bertz CT molecular complexity index is 915. The van der Waals surface area contributed by atoms with Crippen molar-refractivity contribution in [3.63, 3.8) is 0 Å². The summed E-state index contributed by atoms with van der Waals surface area (Å²) in [5, 5.41) is 0. The summed E-state index contributed by atoms with van der Waals surface area (Å²) in [6.45, 7) is 11.3. The van der Waals surface area contributed by atoms with Crippen LogP contribution in [0.2, 0.25) is 0 Å². The van der Waals surface area contributed by atoms with E-state index in [9.17, 15) is 0 Å². The van der Waals surface area contributed by atoms with Crippen molar-refractivity contribution < 1.29 is 0 Å². The SMILES string of the molecule is Cc1ccc(CCC(C)c2ccc(C)cc2CCC(C)Cc2ccc(C)cc2)cc1. The van der Waals surface area contributed by atoms with Gasteiger partial charge in [-0.2, -0.15) is 0 Å². The molecule has 30 heavy (non-hydrogen) atoms. The lowest BCUT2D eigenvalue weighted by molar-refractivity contribution is 0.527. The second-order valence-electron chi connectivity index (χ2n) is 9.46. The lowest BCUT2D eigenvalue weighted by atomic mass is 9.86. The molecule has 0 radical (unpaired) electrons. The highest BCUT2D eigenvalue weighted by atomic mass is 14.2. The highest BCUT2D eigenvalue weighted by Crippen LogP contribution is 2.28. The lowest BCUT2D eigenvalue weighted by Crippen LogP contribution is -2.06. The Morgan fingerprint density at radius 2 is 1.17 bits per heavy atom. The maximum Gasteiger partial charge on any atom is -0.0184 e. The van der Waals surface area contributed by atoms with Gasteiger partial charge in [-0.1, -0.05) is 97.3 Å². The normalized spacial score (nSPS) is 13.2. The van der Waals surface area contributed by atoms with Crippen LogP contribution in [-0.4, -0.2) is 0 Å². The molecule has 0 aliphatic heterocycles. The molecule has 2 atom stereocenters. The minimum atomic E-state index is 0.592. The average Bonchev–Trinajstić information content (AvgIpc) is 2.73. The van der Waals surface area contributed by atoms with Gasteiger partial charge in [-0.15, -0.1) is 0 Å². The van der Waals surface area contributed by atoms with Crippen LogP contribution in [0.1, 0.15) is 71.6 Å². The standard InChI is InChI=1S/C30H38/c1-22-6-13-27(14-7-22)17-12-26(5)30-19-11-25(4)21-29(30)18-10-24(3)20-28-15-8-23(2)9-16-28/h6-9,11,13-16,19,21,24,26H,10,12,17-18,20H2,1-5H3. The summed E-state index contributed by atoms with van der Waals surface area (Å²) in [7, 11) is 0. The van der Waals surface area contributed by atoms with Gasteiger partial charge >= 0.3 is 0 Å². The van der Waals surface area contributed by atoms with Crippen molar-refractivity contribution >= 4 is 0 Å². The largest absolute Gasteiger partial charge is 0.0622 e. The Balaban J connectivity index is 1.60. The number of rotatable bonds is 9. The van der Waals surface area contributed by atoms with Crippen molar-refractivity contribution in [2.75, 3.05) is 0 Å². The van der Waals surface area contributed by atoms with E-state index in [1.54, 1.807) is 11.1 Å². The Morgan fingerprint density at radius 3 is 1.80 bits per heavy atom. The van der Waals surface area contributed by atoms with Gasteiger partial charge in [-0.3, -0.25) is 0 Å². The summed E-state index contributed by atoms with van der Waals surface area (Å²) >= 11 is 0. The molecule has 0 aliphatic rings. The van der Waals surface area contributed by atoms with Crippen LogP contribution in [0.15, 0.2) is 66.7 Å². The van der Waals surface area contributed by atoms with Crippen molar-refractivity contribution in [2.24, 2.45) is 5.92 Å². The van der Waals surface area contributed by atoms with Crippen molar-refractivity contribution in [1.82, 2.24) is 0 Å². The van der Waals surface area contributed by atoms with E-state index in [1.807, 2.05) is 0 Å². The molecule has 0 spiro atoms. The maximum absolute atomic E-state index is 2.43. The zero-order chi connectivity index (χ0) is 21.5. The summed E-state index contributed by atoms with van der Waals surface area (Å²) in [6, 6.07) is 25.2. The molecule has 0 bridgehead atoms. The average molecular weight is 399 g/mol. The van der Waals surface area contributed by atoms with Gasteiger partial charge in [-0.25, -0.2) is 0 Å². The Labute approximate surface area is 184 Å². The minimum absolute atomic E-state index is 0.592. The van der Waals surface area contributed by atoms with Gasteiger partial charge in [0, 0.05) is 0 Å². The number of hydrogen-bond acceptors (Lipinski definition) is 0. The molecule has 0 aromatic heterocycles. The van der Waals surface area contributed by atoms with Crippen molar-refractivity contribution in [3.8, 4) is 0 Å². The van der Waals surface area contributed by atoms with Crippen LogP contribution in [-0.2, 0) is 19.3 Å². The molecule has 0 aliphatic carbocycles. The van der Waals surface area contributed by atoms with E-state index in [0.29, 0.717) is 11.8 Å². The van der Waals surface area contributed by atoms with Gasteiger partial charge in [0.15, 0.2) is 0 Å². The van der Waals surface area contributed by atoms with Gasteiger partial charge in [0.25, 0.3) is 0 Å². The van der Waals surface area contributed by atoms with Gasteiger partial charge in [0.2, 0.25) is 0 Å². The topological polar surface area (TPSA) is 0 Å². The summed E-state index contributed by atoms with van der Waals surface area (Å²) in [6.07, 6.45) is 5.95. The van der Waals surface area contributed by atoms with Gasteiger partial charge in [0.1, 0.15) is 0 Å². The van der Waals surface area contributed by atoms with Crippen LogP contribution < -0.4 is 0 Å². The zero-order valence-electron chi connectivity index (χ0n) is 19.5. The maximum atomic E-state index is 2.43. The van der Waals surface area contributed by atoms with E-state index in [4.69, 9.17) is 0 Å². The van der Waals surface area contributed by atoms with Crippen LogP contribution in [0, 0.1) is 26.7 Å². The van der Waals surface area contributed by atoms with Gasteiger partial charge in [-0.05, 0) is 87.0 Å². The molecule has 0 saturated heterocycles. The molecule has 3 aromatic rings. The molecule has 0 fully saturated rings. The van der Waals surface area contributed by atoms with E-state index in [-0.39, 0.29) is 0 Å². The molecule has 0 amide bonds. The molecule has 0 N–H and O–H groups in total. The van der Waals surface area contributed by atoms with Crippen LogP contribution in [0.25, 0.3) is 0 Å². The molecule has 158 valence electrons. The number of hydrogen-bond donors (Lipinski definition) is 0. The summed E-state index contributed by atoms with van der Waals surface area (Å²) in [5.41, 5.74) is 10.1. The summed E-state index contributed by atoms with van der Waals surface area (Å²) < 4.78 is 0. The molecule has 2 unspecified atom stereocenters. The van der Waals surface area contributed by atoms with Crippen molar-refractivity contribution in [3.05, 3.63) is 106 Å². The molecule has 0 heterocycles. The highest BCUT2D eigenvalue weighted by Gasteiger charge is 2.13. The summed E-state index contributed by atoms with van der Waals surface area (Å²) in [4.78, 5) is 0. The Kier molecular flexibility index (Phi) is 7.91. The number of benzene rings is 3. The van der Waals surface area contributed by atoms with Gasteiger partial charge in [0.05, 0.1) is 0 Å². The zero-order valence-corrected chi connectivity index (χ0v) is 19.5. The monoisotopic (exact) mass is 398 g/mol. The molecule has 3 aromatic carbocycles. The highest BCUT2D eigenvalue weighted by molar-refractivity contribution is 5.34. The molecular weight excluding hydrogens is 360 g/mol. The van der Waals surface area contributed by atoms with Crippen LogP contribution in [0.3, 0.4) is 0 Å². The second kappa shape index (κ2) is 10.6. The third-order valence-electron chi connectivity index (χ3n) is 6.43. The summed E-state index contributed by atoms with van der Waals surface area (Å²) in [5.74, 6) is 1.29. The van der Waals surface area contributed by atoms with E-state index < -0.39 is 0 Å². The quantitative estimate of drug-likeness (QED) is 0.341. The molecule has 0 saturated carbocycles. The first-order valence-electron chi connectivity index (χ1n) is 11.6. The van der Waals surface area contributed by atoms with E-state index in [1.165, 1.54) is 53.5 Å². The van der Waals surface area contributed by atoms with Crippen molar-refractivity contribution in [1.29, 1.82) is 0 Å². The second-order valence-corrected chi connectivity index (χ2v) is 9.46. The predicted molar refractivity (Wildman–Crippen MR) is 131 cm³/mol. The number of aryl methyl sites for hydroxylation is 5. The third kappa shape index (κ3) is 6.59. The third-order valence-corrected chi connectivity index (χ3v) is 6.43. The first-order chi connectivity index (χ1) is 14.4. The van der Waals surface area contributed by atoms with Crippen LogP contribution in [0.5, 0.6) is 0 Å². The molecule has 3 rings (SSSR count). The smallest absolute Gasteiger partial charge is 0.0184 e. The van der Waals surface area contributed by atoms with E-state index >= 15 is 0 Å². The fourth-order valence-electron chi connectivity index (χ4n) is 4.36. The fourth-order valence-corrected chi connectivity index (χ4v) is 4.36. The molecular formula is C30H38. The van der Waals surface area contributed by atoms with Gasteiger partial charge < -0.3 is 0 Å². The van der Waals surface area contributed by atoms with E-state index in [2.05, 4.69) is 101 Å². The first kappa shape index (κ1) is 22.3.